The van der Waals surface area contributed by atoms with Crippen LogP contribution >= 0.6 is 0 Å². The minimum Gasteiger partial charge on any atom is -0.0621 e. The third-order valence-electron chi connectivity index (χ3n) is 4.52. The molecule has 0 amide bonds. The van der Waals surface area contributed by atoms with Crippen molar-refractivity contribution < 1.29 is 0 Å². The van der Waals surface area contributed by atoms with Crippen molar-refractivity contribution in [2.45, 2.75) is 51.9 Å². The molecule has 0 spiro atoms. The predicted molar refractivity (Wildman–Crippen MR) is 74.1 cm³/mol. The lowest BCUT2D eigenvalue weighted by Crippen LogP contribution is -2.08. The van der Waals surface area contributed by atoms with Crippen LogP contribution in [0.25, 0.3) is 6.08 Å². The van der Waals surface area contributed by atoms with E-state index in [4.69, 9.17) is 0 Å². The molecule has 3 rings (SSSR count). The van der Waals surface area contributed by atoms with Crippen LogP contribution < -0.4 is 0 Å². The quantitative estimate of drug-likeness (QED) is 0.681. The zero-order chi connectivity index (χ0) is 11.7. The highest BCUT2D eigenvalue weighted by atomic mass is 14.3. The molecule has 2 aliphatic carbocycles. The molecule has 2 aliphatic rings. The van der Waals surface area contributed by atoms with Gasteiger partial charge in [-0.25, -0.2) is 0 Å². The lowest BCUT2D eigenvalue weighted by molar-refractivity contribution is 0.401. The summed E-state index contributed by atoms with van der Waals surface area (Å²) in [7, 11) is 0. The molecule has 17 heavy (non-hydrogen) atoms. The second kappa shape index (κ2) is 4.68. The van der Waals surface area contributed by atoms with Crippen molar-refractivity contribution in [2.24, 2.45) is 5.92 Å². The minimum absolute atomic E-state index is 0.890. The van der Waals surface area contributed by atoms with Crippen LogP contribution in [0, 0.1) is 5.92 Å². The highest BCUT2D eigenvalue weighted by Crippen LogP contribution is 2.38. The average molecular weight is 226 g/mol. The highest BCUT2D eigenvalue weighted by molar-refractivity contribution is 5.67. The van der Waals surface area contributed by atoms with Gasteiger partial charge in [-0.2, -0.15) is 0 Å². The molecule has 0 atom stereocenters. The molecule has 1 aromatic carbocycles. The number of allylic oxidation sites excluding steroid dienone is 1. The van der Waals surface area contributed by atoms with Gasteiger partial charge < -0.3 is 0 Å². The molecule has 0 nitrogen and oxygen atoms in total. The van der Waals surface area contributed by atoms with Crippen molar-refractivity contribution in [3.8, 4) is 0 Å². The fourth-order valence-electron chi connectivity index (χ4n) is 3.51. The van der Waals surface area contributed by atoms with Gasteiger partial charge in [-0.3, -0.25) is 0 Å². The molecule has 90 valence electrons. The van der Waals surface area contributed by atoms with E-state index in [0.29, 0.717) is 0 Å². The molecule has 0 bridgehead atoms. The van der Waals surface area contributed by atoms with Crippen molar-refractivity contribution in [1.82, 2.24) is 0 Å². The van der Waals surface area contributed by atoms with Crippen LogP contribution in [0.5, 0.6) is 0 Å². The fourth-order valence-corrected chi connectivity index (χ4v) is 3.51. The number of aryl methyl sites for hydroxylation is 1. The Bertz CT molecular complexity index is 433. The van der Waals surface area contributed by atoms with Gasteiger partial charge in [-0.1, -0.05) is 56.0 Å². The summed E-state index contributed by atoms with van der Waals surface area (Å²) in [4.78, 5) is 0. The Balaban J connectivity index is 1.87. The summed E-state index contributed by atoms with van der Waals surface area (Å²) in [6.45, 7) is 2.27. The van der Waals surface area contributed by atoms with Gasteiger partial charge in [-0.15, -0.1) is 0 Å². The maximum absolute atomic E-state index is 2.52. The van der Waals surface area contributed by atoms with Crippen LogP contribution in [0.15, 0.2) is 23.8 Å². The van der Waals surface area contributed by atoms with Crippen molar-refractivity contribution >= 4 is 6.08 Å². The van der Waals surface area contributed by atoms with E-state index in [1.54, 1.807) is 16.7 Å². The summed E-state index contributed by atoms with van der Waals surface area (Å²) in [5.41, 5.74) is 6.38. The lowest BCUT2D eigenvalue weighted by Gasteiger charge is -2.22. The van der Waals surface area contributed by atoms with Crippen molar-refractivity contribution in [3.05, 3.63) is 40.5 Å². The number of rotatable bonds is 2. The van der Waals surface area contributed by atoms with Crippen LogP contribution in [0.1, 0.15) is 55.7 Å². The van der Waals surface area contributed by atoms with Crippen LogP contribution in [0.4, 0.5) is 0 Å². The average Bonchev–Trinajstić information content (AvgIpc) is 2.83. The summed E-state index contributed by atoms with van der Waals surface area (Å²) in [5.74, 6) is 0.890. The van der Waals surface area contributed by atoms with E-state index < -0.39 is 0 Å². The predicted octanol–water partition coefficient (Wildman–Crippen LogP) is 4.77. The van der Waals surface area contributed by atoms with E-state index in [9.17, 15) is 0 Å². The van der Waals surface area contributed by atoms with Gasteiger partial charge >= 0.3 is 0 Å². The van der Waals surface area contributed by atoms with Gasteiger partial charge in [-0.05, 0) is 48.3 Å². The Kier molecular flexibility index (Phi) is 3.05. The van der Waals surface area contributed by atoms with Gasteiger partial charge in [0, 0.05) is 0 Å². The molecule has 0 N–H and O–H groups in total. The van der Waals surface area contributed by atoms with Gasteiger partial charge in [0.2, 0.25) is 0 Å². The molecule has 1 fully saturated rings. The monoisotopic (exact) mass is 226 g/mol. The largest absolute Gasteiger partial charge is 0.0621 e. The molecule has 0 radical (unpaired) electrons. The molecule has 1 saturated carbocycles. The lowest BCUT2D eigenvalue weighted by atomic mass is 9.83. The number of fused-ring (bicyclic) bond motifs is 1. The Hall–Kier alpha value is -1.04. The zero-order valence-electron chi connectivity index (χ0n) is 10.8. The van der Waals surface area contributed by atoms with Gasteiger partial charge in [0.05, 0.1) is 0 Å². The third kappa shape index (κ3) is 2.06. The van der Waals surface area contributed by atoms with Crippen LogP contribution in [-0.2, 0) is 12.8 Å². The second-order valence-corrected chi connectivity index (χ2v) is 5.57. The van der Waals surface area contributed by atoms with E-state index in [0.717, 1.165) is 12.3 Å². The maximum atomic E-state index is 2.52. The van der Waals surface area contributed by atoms with E-state index in [2.05, 4.69) is 31.2 Å². The Morgan fingerprint density at radius 3 is 2.71 bits per heavy atom. The molecule has 0 heteroatoms. The first-order valence-electron chi connectivity index (χ1n) is 7.19. The molecule has 0 unspecified atom stereocenters. The maximum Gasteiger partial charge on any atom is -0.00549 e. The Morgan fingerprint density at radius 2 is 1.94 bits per heavy atom. The fraction of sp³-hybridized carbons (Fsp3) is 0.529. The van der Waals surface area contributed by atoms with Crippen LogP contribution in [0.2, 0.25) is 0 Å². The summed E-state index contributed by atoms with van der Waals surface area (Å²) in [6, 6.07) is 6.84. The van der Waals surface area contributed by atoms with Crippen molar-refractivity contribution in [3.63, 3.8) is 0 Å². The first-order valence-corrected chi connectivity index (χ1v) is 7.19. The molecule has 0 aromatic heterocycles. The first kappa shape index (κ1) is 11.1. The highest BCUT2D eigenvalue weighted by Gasteiger charge is 2.23. The summed E-state index contributed by atoms with van der Waals surface area (Å²) in [5, 5.41) is 0. The molecule has 0 saturated heterocycles. The van der Waals surface area contributed by atoms with Crippen molar-refractivity contribution in [1.29, 1.82) is 0 Å². The second-order valence-electron chi connectivity index (χ2n) is 5.57. The smallest absolute Gasteiger partial charge is 0.00549 e. The third-order valence-corrected chi connectivity index (χ3v) is 4.52. The summed E-state index contributed by atoms with van der Waals surface area (Å²) in [6.07, 6.45) is 12.1. The van der Waals surface area contributed by atoms with E-state index >= 15 is 0 Å². The zero-order valence-corrected chi connectivity index (χ0v) is 10.8. The number of hydrogen-bond donors (Lipinski definition) is 0. The van der Waals surface area contributed by atoms with Gasteiger partial charge in [0.15, 0.2) is 0 Å². The molecule has 1 aromatic rings. The topological polar surface area (TPSA) is 0 Å². The molecule has 0 heterocycles. The Labute approximate surface area is 105 Å². The number of benzene rings is 1. The first-order chi connectivity index (χ1) is 8.38. The molecular formula is C17H22. The van der Waals surface area contributed by atoms with Crippen LogP contribution in [-0.4, -0.2) is 0 Å². The summed E-state index contributed by atoms with van der Waals surface area (Å²) >= 11 is 0. The molecule has 0 aliphatic heterocycles. The molecular weight excluding hydrogens is 204 g/mol. The Morgan fingerprint density at radius 1 is 1.12 bits per heavy atom. The normalized spacial score (nSPS) is 20.2. The number of hydrogen-bond acceptors (Lipinski definition) is 0. The van der Waals surface area contributed by atoms with E-state index in [1.165, 1.54) is 44.1 Å². The SMILES string of the molecule is CCc1cccc2c1C=C(C1CCCCC1)C2. The van der Waals surface area contributed by atoms with Gasteiger partial charge in [0.1, 0.15) is 0 Å². The van der Waals surface area contributed by atoms with E-state index in [-0.39, 0.29) is 0 Å². The van der Waals surface area contributed by atoms with Gasteiger partial charge in [0.25, 0.3) is 0 Å². The minimum atomic E-state index is 0.890. The summed E-state index contributed by atoms with van der Waals surface area (Å²) < 4.78 is 0. The van der Waals surface area contributed by atoms with Crippen molar-refractivity contribution in [2.75, 3.05) is 0 Å². The van der Waals surface area contributed by atoms with E-state index in [1.807, 2.05) is 0 Å². The van der Waals surface area contributed by atoms with Crippen LogP contribution in [0.3, 0.4) is 0 Å². The standard InChI is InChI=1S/C17H22/c1-2-13-9-6-10-15-11-16(12-17(13)15)14-7-4-3-5-8-14/h6,9-10,12,14H,2-5,7-8,11H2,1H3.